The number of nitrogens with one attached hydrogen (secondary N) is 1. The van der Waals surface area contributed by atoms with E-state index >= 15 is 0 Å². The summed E-state index contributed by atoms with van der Waals surface area (Å²) in [5.41, 5.74) is 0.664. The molecule has 1 fully saturated rings. The molecule has 1 aliphatic rings. The van der Waals surface area contributed by atoms with Gasteiger partial charge in [-0.3, -0.25) is 4.79 Å². The molecule has 0 radical (unpaired) electrons. The van der Waals surface area contributed by atoms with Crippen LogP contribution in [0.1, 0.15) is 29.6 Å². The fourth-order valence-electron chi connectivity index (χ4n) is 1.91. The van der Waals surface area contributed by atoms with Crippen LogP contribution in [0, 0.1) is 5.41 Å². The minimum Gasteiger partial charge on any atom is -0.506 e. The van der Waals surface area contributed by atoms with Gasteiger partial charge in [-0.05, 0) is 42.9 Å². The maximum atomic E-state index is 11.9. The molecule has 98 valence electrons. The van der Waals surface area contributed by atoms with Gasteiger partial charge in [-0.25, -0.2) is 0 Å². The highest BCUT2D eigenvalue weighted by atomic mass is 35.5. The van der Waals surface area contributed by atoms with Crippen LogP contribution in [-0.2, 0) is 0 Å². The summed E-state index contributed by atoms with van der Waals surface area (Å²) in [7, 11) is 0. The van der Waals surface area contributed by atoms with Crippen molar-refractivity contribution >= 4 is 29.1 Å². The molecular formula is C13H15Cl2NO2. The molecule has 0 atom stereocenters. The maximum absolute atomic E-state index is 11.9. The lowest BCUT2D eigenvalue weighted by atomic mass is 10.0. The molecule has 3 nitrogen and oxygen atoms in total. The van der Waals surface area contributed by atoms with Crippen molar-refractivity contribution in [3.8, 4) is 5.75 Å². The summed E-state index contributed by atoms with van der Waals surface area (Å²) < 4.78 is 0. The van der Waals surface area contributed by atoms with Crippen molar-refractivity contribution in [1.29, 1.82) is 0 Å². The Morgan fingerprint density at radius 1 is 1.44 bits per heavy atom. The van der Waals surface area contributed by atoms with Crippen LogP contribution in [0.25, 0.3) is 0 Å². The zero-order chi connectivity index (χ0) is 13.2. The number of rotatable bonds is 5. The van der Waals surface area contributed by atoms with E-state index in [1.165, 1.54) is 12.1 Å². The molecule has 2 rings (SSSR count). The summed E-state index contributed by atoms with van der Waals surface area (Å²) in [5, 5.41) is 12.4. The Morgan fingerprint density at radius 2 is 2.17 bits per heavy atom. The highest BCUT2D eigenvalue weighted by molar-refractivity contribution is 6.32. The molecule has 1 saturated carbocycles. The van der Waals surface area contributed by atoms with Gasteiger partial charge in [-0.2, -0.15) is 0 Å². The molecule has 0 bridgehead atoms. The summed E-state index contributed by atoms with van der Waals surface area (Å²) >= 11 is 11.5. The molecular weight excluding hydrogens is 273 g/mol. The molecule has 0 saturated heterocycles. The first kappa shape index (κ1) is 13.5. The van der Waals surface area contributed by atoms with E-state index in [2.05, 4.69) is 5.32 Å². The Bertz CT molecular complexity index is 458. The van der Waals surface area contributed by atoms with Gasteiger partial charge in [0.1, 0.15) is 5.75 Å². The normalized spacial score (nSPS) is 16.3. The van der Waals surface area contributed by atoms with Crippen LogP contribution >= 0.6 is 23.2 Å². The second kappa shape index (κ2) is 5.37. The highest BCUT2D eigenvalue weighted by Crippen LogP contribution is 2.48. The summed E-state index contributed by atoms with van der Waals surface area (Å²) in [6.07, 6.45) is 3.18. The lowest BCUT2D eigenvalue weighted by Gasteiger charge is -2.14. The molecule has 0 heterocycles. The van der Waals surface area contributed by atoms with E-state index in [4.69, 9.17) is 23.2 Å². The second-order valence-electron chi connectivity index (χ2n) is 4.79. The molecule has 0 aliphatic heterocycles. The third-order valence-corrected chi connectivity index (χ3v) is 3.91. The number of aromatic hydroxyl groups is 1. The van der Waals surface area contributed by atoms with E-state index in [1.807, 2.05) is 0 Å². The van der Waals surface area contributed by atoms with Crippen molar-refractivity contribution < 1.29 is 9.90 Å². The first-order valence-electron chi connectivity index (χ1n) is 5.89. The van der Waals surface area contributed by atoms with Crippen molar-refractivity contribution in [3.63, 3.8) is 0 Å². The van der Waals surface area contributed by atoms with Crippen molar-refractivity contribution in [3.05, 3.63) is 28.8 Å². The zero-order valence-electron chi connectivity index (χ0n) is 9.88. The van der Waals surface area contributed by atoms with Gasteiger partial charge in [0.2, 0.25) is 0 Å². The molecule has 1 aliphatic carbocycles. The average molecular weight is 288 g/mol. The fourth-order valence-corrected chi connectivity index (χ4v) is 2.49. The lowest BCUT2D eigenvalue weighted by Crippen LogP contribution is -2.30. The zero-order valence-corrected chi connectivity index (χ0v) is 11.4. The van der Waals surface area contributed by atoms with E-state index in [1.54, 1.807) is 6.07 Å². The van der Waals surface area contributed by atoms with Crippen molar-refractivity contribution in [2.45, 2.75) is 19.3 Å². The number of phenolic OH excluding ortho intramolecular Hbond substituents is 1. The third-order valence-electron chi connectivity index (χ3n) is 3.42. The predicted octanol–water partition coefficient (Wildman–Crippen LogP) is 3.18. The fraction of sp³-hybridized carbons (Fsp3) is 0.462. The Labute approximate surface area is 116 Å². The van der Waals surface area contributed by atoms with E-state index < -0.39 is 0 Å². The van der Waals surface area contributed by atoms with E-state index in [0.29, 0.717) is 18.0 Å². The first-order chi connectivity index (χ1) is 8.56. The van der Waals surface area contributed by atoms with E-state index in [9.17, 15) is 9.90 Å². The molecule has 0 unspecified atom stereocenters. The van der Waals surface area contributed by atoms with Gasteiger partial charge in [0.05, 0.1) is 5.02 Å². The van der Waals surface area contributed by atoms with Gasteiger partial charge in [0.25, 0.3) is 5.91 Å². The number of alkyl halides is 1. The van der Waals surface area contributed by atoms with Crippen molar-refractivity contribution in [2.75, 3.05) is 12.4 Å². The highest BCUT2D eigenvalue weighted by Gasteiger charge is 2.41. The minimum atomic E-state index is -0.169. The van der Waals surface area contributed by atoms with Crippen LogP contribution in [-0.4, -0.2) is 23.4 Å². The number of phenols is 1. The van der Waals surface area contributed by atoms with Crippen molar-refractivity contribution in [2.24, 2.45) is 5.41 Å². The molecule has 2 N–H and O–H groups in total. The van der Waals surface area contributed by atoms with Crippen LogP contribution in [0.3, 0.4) is 0 Å². The first-order valence-corrected chi connectivity index (χ1v) is 6.80. The number of carbonyl (C=O) groups is 1. The molecule has 1 aromatic rings. The second-order valence-corrected chi connectivity index (χ2v) is 5.57. The topological polar surface area (TPSA) is 49.3 Å². The Hall–Kier alpha value is -0.930. The molecule has 0 aromatic heterocycles. The van der Waals surface area contributed by atoms with Gasteiger partial charge in [-0.15, -0.1) is 11.6 Å². The monoisotopic (exact) mass is 287 g/mol. The molecule has 1 aromatic carbocycles. The number of hydrogen-bond acceptors (Lipinski definition) is 2. The summed E-state index contributed by atoms with van der Waals surface area (Å²) in [6.45, 7) is 0.650. The van der Waals surface area contributed by atoms with E-state index in [0.717, 1.165) is 19.3 Å². The number of benzene rings is 1. The summed E-state index contributed by atoms with van der Waals surface area (Å²) in [4.78, 5) is 11.9. The van der Waals surface area contributed by atoms with Crippen LogP contribution in [0.15, 0.2) is 18.2 Å². The van der Waals surface area contributed by atoms with Gasteiger partial charge >= 0.3 is 0 Å². The smallest absolute Gasteiger partial charge is 0.251 e. The quantitative estimate of drug-likeness (QED) is 0.817. The molecule has 1 amide bonds. The van der Waals surface area contributed by atoms with Gasteiger partial charge in [0, 0.05) is 18.0 Å². The summed E-state index contributed by atoms with van der Waals surface area (Å²) in [5.74, 6) is 0.438. The van der Waals surface area contributed by atoms with Gasteiger partial charge in [-0.1, -0.05) is 11.6 Å². The maximum Gasteiger partial charge on any atom is 0.251 e. The van der Waals surface area contributed by atoms with Crippen LogP contribution in [0.2, 0.25) is 5.02 Å². The number of halogens is 2. The Balaban J connectivity index is 1.93. The van der Waals surface area contributed by atoms with Gasteiger partial charge < -0.3 is 10.4 Å². The third kappa shape index (κ3) is 3.09. The number of amides is 1. The SMILES string of the molecule is O=C(NCC1(CCCl)CC1)c1ccc(O)c(Cl)c1. The van der Waals surface area contributed by atoms with Gasteiger partial charge in [0.15, 0.2) is 0 Å². The molecule has 18 heavy (non-hydrogen) atoms. The minimum absolute atomic E-state index is 0.0194. The standard InChI is InChI=1S/C13H15Cl2NO2/c14-6-5-13(3-4-13)8-16-12(18)9-1-2-11(17)10(15)7-9/h1-2,7,17H,3-6,8H2,(H,16,18). The van der Waals surface area contributed by atoms with Crippen LogP contribution in [0.4, 0.5) is 0 Å². The predicted molar refractivity (Wildman–Crippen MR) is 72.5 cm³/mol. The Kier molecular flexibility index (Phi) is 4.03. The molecule has 0 spiro atoms. The van der Waals surface area contributed by atoms with Crippen LogP contribution in [0.5, 0.6) is 5.75 Å². The van der Waals surface area contributed by atoms with Crippen LogP contribution < -0.4 is 5.32 Å². The number of hydrogen-bond donors (Lipinski definition) is 2. The van der Waals surface area contributed by atoms with E-state index in [-0.39, 0.29) is 22.1 Å². The number of carbonyl (C=O) groups excluding carboxylic acids is 1. The lowest BCUT2D eigenvalue weighted by molar-refractivity contribution is 0.0944. The van der Waals surface area contributed by atoms with Crippen molar-refractivity contribution in [1.82, 2.24) is 5.32 Å². The molecule has 5 heteroatoms. The Morgan fingerprint density at radius 3 is 2.72 bits per heavy atom. The summed E-state index contributed by atoms with van der Waals surface area (Å²) in [6, 6.07) is 4.44. The average Bonchev–Trinajstić information content (AvgIpc) is 3.11. The largest absolute Gasteiger partial charge is 0.506 e.